The van der Waals surface area contributed by atoms with E-state index in [9.17, 15) is 19.2 Å². The molecule has 45 heavy (non-hydrogen) atoms. The maximum absolute atomic E-state index is 14.8. The average molecular weight is 692 g/mol. The van der Waals surface area contributed by atoms with Crippen LogP contribution in [0.1, 0.15) is 40.1 Å². The Labute approximate surface area is 274 Å². The number of nitrogens with zero attached hydrogens (tertiary/aromatic N) is 2. The number of anilines is 2. The van der Waals surface area contributed by atoms with Crippen LogP contribution in [0, 0.1) is 5.92 Å². The highest BCUT2D eigenvalue weighted by atomic mass is 79.9. The molecule has 0 radical (unpaired) electrons. The van der Waals surface area contributed by atoms with Gasteiger partial charge < -0.3 is 25.6 Å². The minimum Gasteiger partial charge on any atom is -0.496 e. The zero-order chi connectivity index (χ0) is 32.6. The number of hydrogen-bond acceptors (Lipinski definition) is 6. The Morgan fingerprint density at radius 2 is 1.71 bits per heavy atom. The Balaban J connectivity index is 1.74. The number of hydrogen-bond donors (Lipinski definition) is 2. The van der Waals surface area contributed by atoms with Crippen molar-refractivity contribution in [2.75, 3.05) is 30.5 Å². The van der Waals surface area contributed by atoms with Gasteiger partial charge in [0.05, 0.1) is 30.9 Å². The minimum absolute atomic E-state index is 0.0504. The second kappa shape index (κ2) is 12.6. The van der Waals surface area contributed by atoms with E-state index in [1.807, 2.05) is 30.3 Å². The standard InChI is InChI=1S/C34H32BrClN4O5/c1-19(41)20-8-10-21(11-9-20)31(42)40-18-26(34(2,38-3)33(37)44)32(43)39(28-14-12-22(36)16-29(28)40)17-25-23-6-5-7-27(35)24(23)13-15-30(25)45-4/h5-16,26,38H,17-18H2,1-4H3,(H2,37,44)/t26-,34?/m1/s1. The second-order valence-corrected chi connectivity index (χ2v) is 12.3. The van der Waals surface area contributed by atoms with E-state index < -0.39 is 29.2 Å². The SMILES string of the molecule is CNC(C)(C(N)=O)[C@@H]1CN(C(=O)c2ccc(C(C)=O)cc2)c2cc(Cl)ccc2N(Cc2c(OC)ccc3c(Br)cccc23)C1=O. The fourth-order valence-electron chi connectivity index (χ4n) is 5.74. The number of carbonyl (C=O) groups is 4. The number of ether oxygens (including phenoxy) is 1. The van der Waals surface area contributed by atoms with E-state index in [1.165, 1.54) is 11.8 Å². The summed E-state index contributed by atoms with van der Waals surface area (Å²) < 4.78 is 6.63. The van der Waals surface area contributed by atoms with Gasteiger partial charge in [-0.2, -0.15) is 0 Å². The van der Waals surface area contributed by atoms with Crippen molar-refractivity contribution in [1.29, 1.82) is 0 Å². The van der Waals surface area contributed by atoms with Gasteiger partial charge in [0.1, 0.15) is 11.3 Å². The molecule has 9 nitrogen and oxygen atoms in total. The molecule has 3 amide bonds. The Kier molecular flexibility index (Phi) is 9.02. The van der Waals surface area contributed by atoms with E-state index in [4.69, 9.17) is 22.1 Å². The first-order valence-corrected chi connectivity index (χ1v) is 15.3. The fourth-order valence-corrected chi connectivity index (χ4v) is 6.40. The zero-order valence-corrected chi connectivity index (χ0v) is 27.5. The molecule has 0 bridgehead atoms. The Bertz CT molecular complexity index is 1850. The van der Waals surface area contributed by atoms with Gasteiger partial charge in [-0.15, -0.1) is 0 Å². The number of halogens is 2. The largest absolute Gasteiger partial charge is 0.496 e. The highest BCUT2D eigenvalue weighted by Crippen LogP contribution is 2.42. The summed E-state index contributed by atoms with van der Waals surface area (Å²) in [6.07, 6.45) is 0. The van der Waals surface area contributed by atoms with Crippen LogP contribution in [0.25, 0.3) is 10.8 Å². The quantitative estimate of drug-likeness (QED) is 0.228. The summed E-state index contributed by atoms with van der Waals surface area (Å²) >= 11 is 10.1. The molecule has 4 aromatic carbocycles. The molecule has 0 aliphatic carbocycles. The zero-order valence-electron chi connectivity index (χ0n) is 25.2. The van der Waals surface area contributed by atoms with E-state index in [-0.39, 0.29) is 24.4 Å². The average Bonchev–Trinajstić information content (AvgIpc) is 3.14. The molecule has 4 aromatic rings. The first-order chi connectivity index (χ1) is 21.4. The van der Waals surface area contributed by atoms with Crippen molar-refractivity contribution in [2.45, 2.75) is 25.9 Å². The van der Waals surface area contributed by atoms with Gasteiger partial charge in [-0.1, -0.05) is 51.8 Å². The minimum atomic E-state index is -1.54. The number of methoxy groups -OCH3 is 1. The van der Waals surface area contributed by atoms with Crippen LogP contribution in [-0.4, -0.2) is 49.7 Å². The predicted molar refractivity (Wildman–Crippen MR) is 179 cm³/mol. The summed E-state index contributed by atoms with van der Waals surface area (Å²) in [4.78, 5) is 56.8. The molecule has 5 rings (SSSR count). The number of rotatable bonds is 8. The van der Waals surface area contributed by atoms with Gasteiger partial charge in [-0.05, 0) is 80.2 Å². The molecule has 1 aliphatic heterocycles. The van der Waals surface area contributed by atoms with E-state index in [0.717, 1.165) is 20.8 Å². The van der Waals surface area contributed by atoms with E-state index in [1.54, 1.807) is 68.4 Å². The topological polar surface area (TPSA) is 122 Å². The van der Waals surface area contributed by atoms with Crippen molar-refractivity contribution < 1.29 is 23.9 Å². The molecule has 0 saturated carbocycles. The fraction of sp³-hybridized carbons (Fsp3) is 0.235. The lowest BCUT2D eigenvalue weighted by atomic mass is 9.83. The summed E-state index contributed by atoms with van der Waals surface area (Å²) in [5.74, 6) is -2.30. The molecule has 0 spiro atoms. The molecule has 0 fully saturated rings. The van der Waals surface area contributed by atoms with Gasteiger partial charge in [0, 0.05) is 32.7 Å². The molecule has 232 valence electrons. The van der Waals surface area contributed by atoms with Crippen molar-refractivity contribution in [2.24, 2.45) is 11.7 Å². The molecular weight excluding hydrogens is 660 g/mol. The Morgan fingerprint density at radius 1 is 1.02 bits per heavy atom. The summed E-state index contributed by atoms with van der Waals surface area (Å²) in [7, 11) is 3.11. The summed E-state index contributed by atoms with van der Waals surface area (Å²) in [6.45, 7) is 2.86. The normalized spacial score (nSPS) is 16.1. The first-order valence-electron chi connectivity index (χ1n) is 14.2. The number of primary amides is 1. The molecular formula is C34H32BrClN4O5. The molecule has 0 aromatic heterocycles. The monoisotopic (exact) mass is 690 g/mol. The Morgan fingerprint density at radius 3 is 2.33 bits per heavy atom. The van der Waals surface area contributed by atoms with Crippen molar-refractivity contribution in [3.05, 3.63) is 99.0 Å². The molecule has 0 saturated heterocycles. The van der Waals surface area contributed by atoms with E-state index in [0.29, 0.717) is 27.7 Å². The van der Waals surface area contributed by atoms with Crippen molar-refractivity contribution in [3.8, 4) is 5.75 Å². The molecule has 3 N–H and O–H groups in total. The van der Waals surface area contributed by atoms with Crippen LogP contribution in [0.3, 0.4) is 0 Å². The molecule has 11 heteroatoms. The molecule has 1 unspecified atom stereocenters. The van der Waals surface area contributed by atoms with Crippen LogP contribution in [0.5, 0.6) is 5.75 Å². The number of benzene rings is 4. The van der Waals surface area contributed by atoms with Gasteiger partial charge in [-0.25, -0.2) is 0 Å². The lowest BCUT2D eigenvalue weighted by Crippen LogP contribution is -2.63. The van der Waals surface area contributed by atoms with Crippen LogP contribution < -0.4 is 25.6 Å². The third kappa shape index (κ3) is 5.81. The highest BCUT2D eigenvalue weighted by Gasteiger charge is 2.49. The number of fused-ring (bicyclic) bond motifs is 2. The van der Waals surface area contributed by atoms with Gasteiger partial charge in [0.25, 0.3) is 5.91 Å². The number of nitrogens with one attached hydrogen (secondary N) is 1. The maximum atomic E-state index is 14.8. The highest BCUT2D eigenvalue weighted by molar-refractivity contribution is 9.10. The molecule has 2 atom stereocenters. The third-order valence-electron chi connectivity index (χ3n) is 8.57. The van der Waals surface area contributed by atoms with E-state index in [2.05, 4.69) is 21.2 Å². The number of likely N-dealkylation sites (N-methyl/N-ethyl adjacent to an activating group) is 1. The van der Waals surface area contributed by atoms with Crippen LogP contribution in [0.4, 0.5) is 11.4 Å². The maximum Gasteiger partial charge on any atom is 0.258 e. The van der Waals surface area contributed by atoms with Gasteiger partial charge >= 0.3 is 0 Å². The van der Waals surface area contributed by atoms with E-state index >= 15 is 0 Å². The molecule has 1 heterocycles. The lowest BCUT2D eigenvalue weighted by molar-refractivity contribution is -0.133. The number of Topliss-reactive ketones (excluding diaryl/α,β-unsaturated/α-hetero) is 1. The van der Waals surface area contributed by atoms with Gasteiger partial charge in [0.2, 0.25) is 11.8 Å². The number of nitrogens with two attached hydrogens (primary N) is 1. The number of carbonyl (C=O) groups excluding carboxylic acids is 4. The van der Waals surface area contributed by atoms with Crippen LogP contribution in [0.15, 0.2) is 77.3 Å². The summed E-state index contributed by atoms with van der Waals surface area (Å²) in [6, 6.07) is 20.8. The van der Waals surface area contributed by atoms with Crippen molar-refractivity contribution in [1.82, 2.24) is 5.32 Å². The van der Waals surface area contributed by atoms with Crippen molar-refractivity contribution >= 4 is 73.2 Å². The third-order valence-corrected chi connectivity index (χ3v) is 9.50. The second-order valence-electron chi connectivity index (χ2n) is 11.1. The smallest absolute Gasteiger partial charge is 0.258 e. The predicted octanol–water partition coefficient (Wildman–Crippen LogP) is 5.74. The number of ketones is 1. The van der Waals surface area contributed by atoms with Crippen LogP contribution >= 0.6 is 27.5 Å². The molecule has 1 aliphatic rings. The Hall–Kier alpha value is -4.25. The van der Waals surface area contributed by atoms with Crippen molar-refractivity contribution in [3.63, 3.8) is 0 Å². The number of amides is 3. The van der Waals surface area contributed by atoms with Crippen LogP contribution in [-0.2, 0) is 16.1 Å². The van der Waals surface area contributed by atoms with Gasteiger partial charge in [0.15, 0.2) is 5.78 Å². The summed E-state index contributed by atoms with van der Waals surface area (Å²) in [5, 5.41) is 5.08. The van der Waals surface area contributed by atoms with Gasteiger partial charge in [-0.3, -0.25) is 19.2 Å². The lowest BCUT2D eigenvalue weighted by Gasteiger charge is -2.36. The first kappa shape index (κ1) is 32.2. The summed E-state index contributed by atoms with van der Waals surface area (Å²) in [5.41, 5.74) is 6.64. The van der Waals surface area contributed by atoms with Crippen LogP contribution in [0.2, 0.25) is 5.02 Å².